The van der Waals surface area contributed by atoms with Crippen LogP contribution in [0.15, 0.2) is 0 Å². The highest BCUT2D eigenvalue weighted by atomic mass is 32.1. The van der Waals surface area contributed by atoms with Gasteiger partial charge in [-0.3, -0.25) is 4.79 Å². The van der Waals surface area contributed by atoms with E-state index < -0.39 is 24.0 Å². The molecule has 0 rings (SSSR count). The van der Waals surface area contributed by atoms with E-state index in [0.717, 1.165) is 0 Å². The van der Waals surface area contributed by atoms with E-state index in [1.54, 1.807) is 0 Å². The van der Waals surface area contributed by atoms with Crippen LogP contribution in [0.1, 0.15) is 6.92 Å². The molecule has 6 heteroatoms. The SMILES string of the molecule is CC(S)C(=O)OCC(F)(F)F. The Morgan fingerprint density at radius 1 is 1.64 bits per heavy atom. The number of esters is 1. The van der Waals surface area contributed by atoms with Crippen molar-refractivity contribution in [1.82, 2.24) is 0 Å². The van der Waals surface area contributed by atoms with Gasteiger partial charge in [-0.15, -0.1) is 0 Å². The van der Waals surface area contributed by atoms with E-state index in [1.165, 1.54) is 6.92 Å². The maximum absolute atomic E-state index is 11.4. The van der Waals surface area contributed by atoms with Crippen molar-refractivity contribution in [3.63, 3.8) is 0 Å². The summed E-state index contributed by atoms with van der Waals surface area (Å²) in [6.07, 6.45) is -4.46. The molecule has 0 aliphatic carbocycles. The lowest BCUT2D eigenvalue weighted by atomic mass is 10.5. The number of alkyl halides is 3. The van der Waals surface area contributed by atoms with Gasteiger partial charge in [-0.25, -0.2) is 0 Å². The first-order chi connectivity index (χ1) is 4.83. The molecule has 0 radical (unpaired) electrons. The Hall–Kier alpha value is -0.390. The molecule has 0 saturated carbocycles. The molecule has 0 bridgehead atoms. The zero-order chi connectivity index (χ0) is 9.07. The Morgan fingerprint density at radius 2 is 2.09 bits per heavy atom. The third-order valence-corrected chi connectivity index (χ3v) is 0.930. The third-order valence-electron chi connectivity index (χ3n) is 0.719. The maximum atomic E-state index is 11.4. The zero-order valence-electron chi connectivity index (χ0n) is 5.68. The molecular weight excluding hydrogens is 181 g/mol. The van der Waals surface area contributed by atoms with E-state index in [2.05, 4.69) is 17.4 Å². The lowest BCUT2D eigenvalue weighted by molar-refractivity contribution is -0.185. The van der Waals surface area contributed by atoms with Crippen molar-refractivity contribution in [3.05, 3.63) is 0 Å². The molecule has 0 aromatic rings. The molecule has 0 heterocycles. The van der Waals surface area contributed by atoms with Gasteiger partial charge in [0.05, 0.1) is 5.25 Å². The van der Waals surface area contributed by atoms with Gasteiger partial charge in [0.15, 0.2) is 6.61 Å². The third kappa shape index (κ3) is 6.03. The minimum Gasteiger partial charge on any atom is -0.455 e. The van der Waals surface area contributed by atoms with E-state index in [1.807, 2.05) is 0 Å². The number of carbonyl (C=O) groups is 1. The molecule has 1 atom stereocenters. The minimum absolute atomic E-state index is 0.822. The first kappa shape index (κ1) is 10.6. The predicted molar refractivity (Wildman–Crippen MR) is 35.5 cm³/mol. The second-order valence-electron chi connectivity index (χ2n) is 1.90. The molecule has 2 nitrogen and oxygen atoms in total. The summed E-state index contributed by atoms with van der Waals surface area (Å²) in [5.74, 6) is -0.967. The summed E-state index contributed by atoms with van der Waals surface area (Å²) in [7, 11) is 0. The van der Waals surface area contributed by atoms with E-state index in [0.29, 0.717) is 0 Å². The highest BCUT2D eigenvalue weighted by Gasteiger charge is 2.30. The fourth-order valence-corrected chi connectivity index (χ4v) is 0.348. The Labute approximate surface area is 67.1 Å². The van der Waals surface area contributed by atoms with Crippen molar-refractivity contribution in [2.24, 2.45) is 0 Å². The molecule has 0 spiro atoms. The predicted octanol–water partition coefficient (Wildman–Crippen LogP) is 1.41. The molecule has 11 heavy (non-hydrogen) atoms. The van der Waals surface area contributed by atoms with E-state index in [-0.39, 0.29) is 0 Å². The monoisotopic (exact) mass is 188 g/mol. The number of hydrogen-bond donors (Lipinski definition) is 1. The second-order valence-corrected chi connectivity index (χ2v) is 2.67. The first-order valence-electron chi connectivity index (χ1n) is 2.74. The van der Waals surface area contributed by atoms with Gasteiger partial charge in [-0.1, -0.05) is 0 Å². The average molecular weight is 188 g/mol. The fourth-order valence-electron chi connectivity index (χ4n) is 0.274. The van der Waals surface area contributed by atoms with Crippen molar-refractivity contribution >= 4 is 18.6 Å². The van der Waals surface area contributed by atoms with E-state index in [9.17, 15) is 18.0 Å². The molecule has 0 aromatic heterocycles. The van der Waals surface area contributed by atoms with Crippen LogP contribution in [0.3, 0.4) is 0 Å². The van der Waals surface area contributed by atoms with Crippen LogP contribution in [-0.4, -0.2) is 24.0 Å². The number of thiol groups is 1. The van der Waals surface area contributed by atoms with Gasteiger partial charge in [0.1, 0.15) is 0 Å². The summed E-state index contributed by atoms with van der Waals surface area (Å²) in [6.45, 7) is -0.210. The topological polar surface area (TPSA) is 26.3 Å². The van der Waals surface area contributed by atoms with E-state index in [4.69, 9.17) is 0 Å². The van der Waals surface area contributed by atoms with Crippen LogP contribution < -0.4 is 0 Å². The summed E-state index contributed by atoms with van der Waals surface area (Å²) in [5, 5.41) is -0.822. The normalized spacial score (nSPS) is 14.3. The summed E-state index contributed by atoms with van der Waals surface area (Å²) in [4.78, 5) is 10.4. The smallest absolute Gasteiger partial charge is 0.422 e. The number of hydrogen-bond acceptors (Lipinski definition) is 3. The maximum Gasteiger partial charge on any atom is 0.422 e. The minimum atomic E-state index is -4.46. The van der Waals surface area contributed by atoms with Crippen molar-refractivity contribution in [1.29, 1.82) is 0 Å². The fraction of sp³-hybridized carbons (Fsp3) is 0.800. The van der Waals surface area contributed by atoms with Gasteiger partial charge in [-0.2, -0.15) is 25.8 Å². The van der Waals surface area contributed by atoms with Crippen LogP contribution in [0.4, 0.5) is 13.2 Å². The number of halogens is 3. The van der Waals surface area contributed by atoms with Gasteiger partial charge < -0.3 is 4.74 Å². The summed E-state index contributed by atoms with van der Waals surface area (Å²) >= 11 is 3.58. The lowest BCUT2D eigenvalue weighted by Crippen LogP contribution is -2.23. The average Bonchev–Trinajstić information content (AvgIpc) is 1.80. The van der Waals surface area contributed by atoms with Crippen LogP contribution in [0.5, 0.6) is 0 Å². The van der Waals surface area contributed by atoms with Gasteiger partial charge in [-0.05, 0) is 6.92 Å². The van der Waals surface area contributed by atoms with Crippen LogP contribution >= 0.6 is 12.6 Å². The standard InChI is InChI=1S/C5H7F3O2S/c1-3(11)4(9)10-2-5(6,7)8/h3,11H,2H2,1H3. The van der Waals surface area contributed by atoms with E-state index >= 15 is 0 Å². The molecule has 0 aliphatic heterocycles. The summed E-state index contributed by atoms with van der Waals surface area (Å²) < 4.78 is 38.0. The molecule has 66 valence electrons. The van der Waals surface area contributed by atoms with Gasteiger partial charge >= 0.3 is 12.1 Å². The Balaban J connectivity index is 3.64. The largest absolute Gasteiger partial charge is 0.455 e. The quantitative estimate of drug-likeness (QED) is 0.523. The Bertz CT molecular complexity index is 143. The van der Waals surface area contributed by atoms with Crippen LogP contribution in [0.25, 0.3) is 0 Å². The van der Waals surface area contributed by atoms with Crippen molar-refractivity contribution < 1.29 is 22.7 Å². The van der Waals surface area contributed by atoms with Crippen molar-refractivity contribution in [2.45, 2.75) is 18.3 Å². The molecule has 0 amide bonds. The van der Waals surface area contributed by atoms with Gasteiger partial charge in [0.2, 0.25) is 0 Å². The van der Waals surface area contributed by atoms with Crippen molar-refractivity contribution in [2.75, 3.05) is 6.61 Å². The second kappa shape index (κ2) is 3.85. The Morgan fingerprint density at radius 3 is 2.36 bits per heavy atom. The van der Waals surface area contributed by atoms with Crippen LogP contribution in [0, 0.1) is 0 Å². The van der Waals surface area contributed by atoms with Crippen LogP contribution in [0.2, 0.25) is 0 Å². The molecular formula is C5H7F3O2S. The van der Waals surface area contributed by atoms with Crippen molar-refractivity contribution in [3.8, 4) is 0 Å². The molecule has 1 unspecified atom stereocenters. The lowest BCUT2D eigenvalue weighted by Gasteiger charge is -2.08. The van der Waals surface area contributed by atoms with Gasteiger partial charge in [0.25, 0.3) is 0 Å². The molecule has 0 saturated heterocycles. The highest BCUT2D eigenvalue weighted by Crippen LogP contribution is 2.15. The first-order valence-corrected chi connectivity index (χ1v) is 3.26. The molecule has 0 aromatic carbocycles. The summed E-state index contributed by atoms with van der Waals surface area (Å²) in [6, 6.07) is 0. The molecule has 0 aliphatic rings. The number of carbonyl (C=O) groups excluding carboxylic acids is 1. The Kier molecular flexibility index (Phi) is 3.71. The zero-order valence-corrected chi connectivity index (χ0v) is 6.58. The highest BCUT2D eigenvalue weighted by molar-refractivity contribution is 7.81. The number of ether oxygens (including phenoxy) is 1. The molecule has 0 N–H and O–H groups in total. The van der Waals surface area contributed by atoms with Crippen LogP contribution in [-0.2, 0) is 9.53 Å². The van der Waals surface area contributed by atoms with Gasteiger partial charge in [0, 0.05) is 0 Å². The molecule has 0 fully saturated rings. The summed E-state index contributed by atoms with van der Waals surface area (Å²) in [5.41, 5.74) is 0. The number of rotatable bonds is 2.